The molecule has 0 unspecified atom stereocenters. The number of urea groups is 1. The number of aliphatic carboxylic acids is 1. The van der Waals surface area contributed by atoms with Crippen molar-refractivity contribution in [3.63, 3.8) is 0 Å². The monoisotopic (exact) mass is 306 g/mol. The van der Waals surface area contributed by atoms with E-state index in [-0.39, 0.29) is 6.54 Å². The Labute approximate surface area is 126 Å². The van der Waals surface area contributed by atoms with Gasteiger partial charge in [-0.2, -0.15) is 0 Å². The summed E-state index contributed by atoms with van der Waals surface area (Å²) in [5, 5.41) is 15.5. The van der Waals surface area contributed by atoms with E-state index in [0.717, 1.165) is 5.56 Å². The van der Waals surface area contributed by atoms with Crippen molar-refractivity contribution >= 4 is 24.2 Å². The van der Waals surface area contributed by atoms with E-state index in [9.17, 15) is 19.2 Å². The van der Waals surface area contributed by atoms with Crippen molar-refractivity contribution in [1.29, 1.82) is 0 Å². The first-order valence-corrected chi connectivity index (χ1v) is 6.45. The number of carbonyl (C=O) groups excluding carboxylic acids is 3. The molecule has 3 amide bonds. The predicted molar refractivity (Wildman–Crippen MR) is 76.6 cm³/mol. The lowest BCUT2D eigenvalue weighted by atomic mass is 10.2. The number of nitrogens with one attached hydrogen (secondary N) is 3. The van der Waals surface area contributed by atoms with Gasteiger partial charge in [0.1, 0.15) is 6.04 Å². The number of carboxylic acid groups (broad SMARTS) is 1. The van der Waals surface area contributed by atoms with E-state index < -0.39 is 30.4 Å². The number of hydrogen-bond acceptors (Lipinski definition) is 4. The Morgan fingerprint density at radius 1 is 1.14 bits per heavy atom. The van der Waals surface area contributed by atoms with E-state index in [2.05, 4.69) is 16.0 Å². The van der Waals surface area contributed by atoms with E-state index in [4.69, 9.17) is 5.11 Å². The third-order valence-corrected chi connectivity index (χ3v) is 2.56. The van der Waals surface area contributed by atoms with Crippen LogP contribution in [0.3, 0.4) is 0 Å². The summed E-state index contributed by atoms with van der Waals surface area (Å²) < 4.78 is 0. The second kappa shape index (κ2) is 9.11. The van der Waals surface area contributed by atoms with Gasteiger partial charge < -0.3 is 21.1 Å². The molecule has 8 heteroatoms. The molecule has 0 spiro atoms. The van der Waals surface area contributed by atoms with Crippen LogP contribution in [0.5, 0.6) is 0 Å². The van der Waals surface area contributed by atoms with Gasteiger partial charge >= 0.3 is 12.0 Å². The molecule has 0 heterocycles. The summed E-state index contributed by atoms with van der Waals surface area (Å²) in [4.78, 5) is 43.8. The van der Waals surface area contributed by atoms with Gasteiger partial charge in [0.2, 0.25) is 12.2 Å². The summed E-state index contributed by atoms with van der Waals surface area (Å²) >= 11 is 0. The van der Waals surface area contributed by atoms with Crippen molar-refractivity contribution in [2.45, 2.75) is 19.0 Å². The number of rotatable bonds is 8. The molecule has 0 aliphatic rings. The summed E-state index contributed by atoms with van der Waals surface area (Å²) in [7, 11) is 0. The normalized spacial score (nSPS) is 11.1. The van der Waals surface area contributed by atoms with Gasteiger partial charge in [0.25, 0.3) is 0 Å². The van der Waals surface area contributed by atoms with Gasteiger partial charge in [0.15, 0.2) is 0 Å². The van der Waals surface area contributed by atoms with Crippen LogP contribution in [0.1, 0.15) is 12.0 Å². The quantitative estimate of drug-likeness (QED) is 0.518. The van der Waals surface area contributed by atoms with Crippen LogP contribution in [-0.2, 0) is 20.9 Å². The Hall–Kier alpha value is -2.90. The van der Waals surface area contributed by atoms with Crippen LogP contribution in [0.15, 0.2) is 30.3 Å². The molecule has 0 aromatic heterocycles. The molecular formula is C14H16N3O5. The van der Waals surface area contributed by atoms with Crippen molar-refractivity contribution in [3.05, 3.63) is 35.9 Å². The van der Waals surface area contributed by atoms with Crippen molar-refractivity contribution in [1.82, 2.24) is 16.0 Å². The molecule has 1 aromatic rings. The van der Waals surface area contributed by atoms with Gasteiger partial charge in [0.05, 0.1) is 13.0 Å². The van der Waals surface area contributed by atoms with Crippen LogP contribution in [0.25, 0.3) is 0 Å². The minimum Gasteiger partial charge on any atom is -0.481 e. The van der Waals surface area contributed by atoms with Crippen molar-refractivity contribution in [3.8, 4) is 0 Å². The molecule has 4 N–H and O–H groups in total. The first-order chi connectivity index (χ1) is 10.5. The predicted octanol–water partition coefficient (Wildman–Crippen LogP) is -0.445. The number of amides is 3. The number of hydrogen-bond donors (Lipinski definition) is 4. The molecule has 0 saturated carbocycles. The van der Waals surface area contributed by atoms with Gasteiger partial charge in [-0.1, -0.05) is 30.3 Å². The highest BCUT2D eigenvalue weighted by atomic mass is 16.4. The fraction of sp³-hybridized carbons (Fsp3) is 0.286. The summed E-state index contributed by atoms with van der Waals surface area (Å²) in [6, 6.07) is 7.41. The van der Waals surface area contributed by atoms with Crippen LogP contribution in [0.4, 0.5) is 4.79 Å². The Kier molecular flexibility index (Phi) is 7.10. The highest BCUT2D eigenvalue weighted by molar-refractivity contribution is 5.86. The molecule has 1 aromatic carbocycles. The van der Waals surface area contributed by atoms with Gasteiger partial charge in [-0.3, -0.25) is 14.4 Å². The standard InChI is InChI=1S/C14H16N3O5/c18-9-11(6-13(20)21)17-12(19)8-16-14(22)15-7-10-4-2-1-3-5-10/h1-5,11H,6-8H2,(H,17,19)(H,20,21)(H2,15,16,22)/t11-/m0/s1. The molecular weight excluding hydrogens is 290 g/mol. The van der Waals surface area contributed by atoms with E-state index >= 15 is 0 Å². The first kappa shape index (κ1) is 17.2. The molecule has 1 radical (unpaired) electrons. The maximum atomic E-state index is 11.5. The maximum absolute atomic E-state index is 11.5. The Morgan fingerprint density at radius 3 is 2.41 bits per heavy atom. The fourth-order valence-corrected chi connectivity index (χ4v) is 1.54. The minimum absolute atomic E-state index is 0.304. The SMILES string of the molecule is O=[C][C@H](CC(=O)O)NC(=O)CNC(=O)NCc1ccccc1. The Morgan fingerprint density at radius 2 is 1.82 bits per heavy atom. The van der Waals surface area contributed by atoms with Crippen LogP contribution < -0.4 is 16.0 Å². The highest BCUT2D eigenvalue weighted by Gasteiger charge is 2.16. The molecule has 22 heavy (non-hydrogen) atoms. The third kappa shape index (κ3) is 7.04. The molecule has 0 aliphatic carbocycles. The zero-order valence-electron chi connectivity index (χ0n) is 11.7. The number of carbonyl (C=O) groups is 3. The first-order valence-electron chi connectivity index (χ1n) is 6.45. The van der Waals surface area contributed by atoms with E-state index in [0.29, 0.717) is 6.54 Å². The molecule has 0 aliphatic heterocycles. The van der Waals surface area contributed by atoms with Gasteiger partial charge in [-0.15, -0.1) is 0 Å². The summed E-state index contributed by atoms with van der Waals surface area (Å²) in [5.41, 5.74) is 0.902. The summed E-state index contributed by atoms with van der Waals surface area (Å²) in [6.07, 6.45) is 0.847. The Balaban J connectivity index is 2.26. The van der Waals surface area contributed by atoms with E-state index in [1.807, 2.05) is 30.3 Å². The highest BCUT2D eigenvalue weighted by Crippen LogP contribution is 1.96. The number of benzene rings is 1. The van der Waals surface area contributed by atoms with Crippen molar-refractivity contribution < 1.29 is 24.3 Å². The average Bonchev–Trinajstić information content (AvgIpc) is 2.50. The third-order valence-electron chi connectivity index (χ3n) is 2.56. The molecule has 1 atom stereocenters. The average molecular weight is 306 g/mol. The zero-order chi connectivity index (χ0) is 16.4. The van der Waals surface area contributed by atoms with E-state index in [1.54, 1.807) is 0 Å². The lowest BCUT2D eigenvalue weighted by Gasteiger charge is -2.11. The van der Waals surface area contributed by atoms with Gasteiger partial charge in [0, 0.05) is 6.54 Å². The zero-order valence-corrected chi connectivity index (χ0v) is 11.7. The lowest BCUT2D eigenvalue weighted by Crippen LogP contribution is -2.45. The molecule has 0 fully saturated rings. The molecule has 8 nitrogen and oxygen atoms in total. The van der Waals surface area contributed by atoms with Crippen molar-refractivity contribution in [2.75, 3.05) is 6.54 Å². The fourth-order valence-electron chi connectivity index (χ4n) is 1.54. The van der Waals surface area contributed by atoms with Crippen molar-refractivity contribution in [2.24, 2.45) is 0 Å². The molecule has 0 bridgehead atoms. The minimum atomic E-state index is -1.24. The molecule has 1 rings (SSSR count). The van der Waals surface area contributed by atoms with E-state index in [1.165, 1.54) is 6.29 Å². The Bertz CT molecular complexity index is 533. The smallest absolute Gasteiger partial charge is 0.315 e. The lowest BCUT2D eigenvalue weighted by molar-refractivity contribution is -0.137. The topological polar surface area (TPSA) is 125 Å². The molecule has 0 saturated heterocycles. The van der Waals surface area contributed by atoms with Gasteiger partial charge in [-0.05, 0) is 5.56 Å². The van der Waals surface area contributed by atoms with Crippen LogP contribution >= 0.6 is 0 Å². The van der Waals surface area contributed by atoms with Crippen LogP contribution in [-0.4, -0.2) is 41.9 Å². The van der Waals surface area contributed by atoms with Gasteiger partial charge in [-0.25, -0.2) is 4.79 Å². The maximum Gasteiger partial charge on any atom is 0.315 e. The summed E-state index contributed by atoms with van der Waals surface area (Å²) in [6.45, 7) is -0.0729. The van der Waals surface area contributed by atoms with Crippen LogP contribution in [0, 0.1) is 0 Å². The largest absolute Gasteiger partial charge is 0.481 e. The second-order valence-electron chi connectivity index (χ2n) is 4.36. The van der Waals surface area contributed by atoms with Crippen LogP contribution in [0.2, 0.25) is 0 Å². The summed E-state index contributed by atoms with van der Waals surface area (Å²) in [5.74, 6) is -1.91. The number of carboxylic acids is 1. The second-order valence-corrected chi connectivity index (χ2v) is 4.36. The molecule has 117 valence electrons.